The number of piperidine rings is 1. The molecule has 0 spiro atoms. The molecular formula is C16H22N2O. The highest BCUT2D eigenvalue weighted by Gasteiger charge is 2.26. The van der Waals surface area contributed by atoms with Crippen LogP contribution in [0.2, 0.25) is 0 Å². The fraction of sp³-hybridized carbons (Fsp3) is 0.562. The summed E-state index contributed by atoms with van der Waals surface area (Å²) >= 11 is 0. The maximum absolute atomic E-state index is 12.5. The van der Waals surface area contributed by atoms with Crippen molar-refractivity contribution >= 4 is 5.91 Å². The second-order valence-corrected chi connectivity index (χ2v) is 5.60. The molecule has 1 aromatic rings. The second kappa shape index (κ2) is 5.74. The van der Waals surface area contributed by atoms with Crippen LogP contribution in [0.15, 0.2) is 24.3 Å². The van der Waals surface area contributed by atoms with Crippen molar-refractivity contribution in [3.05, 3.63) is 35.4 Å². The van der Waals surface area contributed by atoms with Crippen LogP contribution in [-0.4, -0.2) is 36.5 Å². The first kappa shape index (κ1) is 12.7. The Morgan fingerprint density at radius 1 is 1.11 bits per heavy atom. The van der Waals surface area contributed by atoms with Gasteiger partial charge in [-0.05, 0) is 43.4 Å². The maximum Gasteiger partial charge on any atom is 0.239 e. The van der Waals surface area contributed by atoms with Gasteiger partial charge < -0.3 is 10.2 Å². The molecule has 1 amide bonds. The summed E-state index contributed by atoms with van der Waals surface area (Å²) in [6.45, 7) is 2.73. The second-order valence-electron chi connectivity index (χ2n) is 5.60. The van der Waals surface area contributed by atoms with Gasteiger partial charge in [0.15, 0.2) is 0 Å². The highest BCUT2D eigenvalue weighted by atomic mass is 16.2. The lowest BCUT2D eigenvalue weighted by molar-refractivity contribution is -0.133. The molecule has 0 radical (unpaired) electrons. The van der Waals surface area contributed by atoms with Crippen molar-refractivity contribution in [3.8, 4) is 0 Å². The zero-order valence-electron chi connectivity index (χ0n) is 11.4. The molecule has 1 aromatic carbocycles. The lowest BCUT2D eigenvalue weighted by Gasteiger charge is -2.29. The highest BCUT2D eigenvalue weighted by Crippen LogP contribution is 2.17. The van der Waals surface area contributed by atoms with Gasteiger partial charge in [-0.25, -0.2) is 0 Å². The van der Waals surface area contributed by atoms with Crippen molar-refractivity contribution in [2.24, 2.45) is 0 Å². The van der Waals surface area contributed by atoms with Crippen LogP contribution < -0.4 is 5.32 Å². The van der Waals surface area contributed by atoms with Crippen LogP contribution in [0.5, 0.6) is 0 Å². The van der Waals surface area contributed by atoms with Crippen molar-refractivity contribution in [3.63, 3.8) is 0 Å². The molecule has 0 aromatic heterocycles. The van der Waals surface area contributed by atoms with Crippen LogP contribution in [0.25, 0.3) is 0 Å². The Hall–Kier alpha value is -1.35. The lowest BCUT2D eigenvalue weighted by Crippen LogP contribution is -2.49. The number of rotatable bonds is 1. The Bertz CT molecular complexity index is 425. The molecule has 1 saturated heterocycles. The largest absolute Gasteiger partial charge is 0.341 e. The van der Waals surface area contributed by atoms with E-state index in [1.165, 1.54) is 24.0 Å². The summed E-state index contributed by atoms with van der Waals surface area (Å²) in [6.07, 6.45) is 5.37. The van der Waals surface area contributed by atoms with Crippen molar-refractivity contribution in [2.45, 2.75) is 38.1 Å². The van der Waals surface area contributed by atoms with Crippen LogP contribution in [-0.2, 0) is 17.6 Å². The van der Waals surface area contributed by atoms with Crippen LogP contribution in [0, 0.1) is 0 Å². The summed E-state index contributed by atoms with van der Waals surface area (Å²) in [5.74, 6) is 0.313. The minimum atomic E-state index is 0.0648. The molecular weight excluding hydrogens is 236 g/mol. The third-order valence-electron chi connectivity index (χ3n) is 4.34. The van der Waals surface area contributed by atoms with Crippen LogP contribution in [0.3, 0.4) is 0 Å². The molecule has 19 heavy (non-hydrogen) atoms. The van der Waals surface area contributed by atoms with Crippen LogP contribution in [0.4, 0.5) is 0 Å². The van der Waals surface area contributed by atoms with Gasteiger partial charge in [-0.1, -0.05) is 30.7 Å². The molecule has 3 heteroatoms. The monoisotopic (exact) mass is 258 g/mol. The first-order valence-electron chi connectivity index (χ1n) is 7.43. The van der Waals surface area contributed by atoms with Gasteiger partial charge >= 0.3 is 0 Å². The van der Waals surface area contributed by atoms with Gasteiger partial charge in [0.2, 0.25) is 5.91 Å². The molecule has 1 N–H and O–H groups in total. The summed E-state index contributed by atoms with van der Waals surface area (Å²) in [6, 6.07) is 8.65. The molecule has 3 nitrogen and oxygen atoms in total. The van der Waals surface area contributed by atoms with E-state index in [0.29, 0.717) is 5.91 Å². The summed E-state index contributed by atoms with van der Waals surface area (Å²) < 4.78 is 0. The van der Waals surface area contributed by atoms with Crippen molar-refractivity contribution in [1.82, 2.24) is 10.2 Å². The zero-order valence-corrected chi connectivity index (χ0v) is 11.4. The fourth-order valence-corrected chi connectivity index (χ4v) is 3.17. The number of fused-ring (bicyclic) bond motifs is 1. The molecule has 1 fully saturated rings. The van der Waals surface area contributed by atoms with Gasteiger partial charge in [-0.2, -0.15) is 0 Å². The van der Waals surface area contributed by atoms with Gasteiger partial charge in [0.05, 0.1) is 6.04 Å². The quantitative estimate of drug-likeness (QED) is 0.832. The number of benzene rings is 1. The summed E-state index contributed by atoms with van der Waals surface area (Å²) in [4.78, 5) is 14.6. The molecule has 3 rings (SSSR count). The molecule has 2 aliphatic heterocycles. The van der Waals surface area contributed by atoms with Gasteiger partial charge in [-0.15, -0.1) is 0 Å². The van der Waals surface area contributed by atoms with E-state index in [0.717, 1.165) is 38.9 Å². The van der Waals surface area contributed by atoms with Gasteiger partial charge in [0, 0.05) is 13.1 Å². The van der Waals surface area contributed by atoms with E-state index in [2.05, 4.69) is 34.5 Å². The Morgan fingerprint density at radius 3 is 2.37 bits per heavy atom. The molecule has 0 bridgehead atoms. The predicted molar refractivity (Wildman–Crippen MR) is 76.1 cm³/mol. The smallest absolute Gasteiger partial charge is 0.239 e. The minimum Gasteiger partial charge on any atom is -0.341 e. The number of carbonyl (C=O) groups is 1. The average molecular weight is 258 g/mol. The molecule has 0 saturated carbocycles. The third-order valence-corrected chi connectivity index (χ3v) is 4.34. The summed E-state index contributed by atoms with van der Waals surface area (Å²) in [7, 11) is 0. The fourth-order valence-electron chi connectivity index (χ4n) is 3.17. The number of nitrogens with one attached hydrogen (secondary N) is 1. The molecule has 102 valence electrons. The predicted octanol–water partition coefficient (Wildman–Crippen LogP) is 1.76. The normalized spacial score (nSPS) is 23.6. The summed E-state index contributed by atoms with van der Waals surface area (Å²) in [5.41, 5.74) is 2.82. The number of hydrogen-bond donors (Lipinski definition) is 1. The molecule has 1 atom stereocenters. The lowest BCUT2D eigenvalue weighted by atomic mass is 10.0. The number of nitrogens with zero attached hydrogens (tertiary/aromatic N) is 1. The third kappa shape index (κ3) is 2.81. The topological polar surface area (TPSA) is 32.3 Å². The Labute approximate surface area is 115 Å². The average Bonchev–Trinajstić information content (AvgIpc) is 2.70. The molecule has 2 aliphatic rings. The van der Waals surface area contributed by atoms with E-state index >= 15 is 0 Å². The van der Waals surface area contributed by atoms with Crippen molar-refractivity contribution in [1.29, 1.82) is 0 Å². The Kier molecular flexibility index (Phi) is 3.83. The number of carbonyl (C=O) groups excluding carboxylic acids is 1. The molecule has 0 aliphatic carbocycles. The van der Waals surface area contributed by atoms with E-state index in [9.17, 15) is 4.79 Å². The standard InChI is InChI=1S/C16H22N2O/c19-16(15-7-3-4-10-17-15)18-11-8-13-5-1-2-6-14(13)9-12-18/h1-2,5-6,15,17H,3-4,7-12H2/t15-/m0/s1. The van der Waals surface area contributed by atoms with Gasteiger partial charge in [0.25, 0.3) is 0 Å². The molecule has 2 heterocycles. The summed E-state index contributed by atoms with van der Waals surface area (Å²) in [5, 5.41) is 3.37. The number of hydrogen-bond acceptors (Lipinski definition) is 2. The van der Waals surface area contributed by atoms with E-state index in [1.807, 2.05) is 0 Å². The minimum absolute atomic E-state index is 0.0648. The van der Waals surface area contributed by atoms with E-state index in [-0.39, 0.29) is 6.04 Å². The first-order valence-corrected chi connectivity index (χ1v) is 7.43. The van der Waals surface area contributed by atoms with Gasteiger partial charge in [-0.3, -0.25) is 4.79 Å². The van der Waals surface area contributed by atoms with E-state index in [1.54, 1.807) is 0 Å². The highest BCUT2D eigenvalue weighted by molar-refractivity contribution is 5.82. The maximum atomic E-state index is 12.5. The van der Waals surface area contributed by atoms with E-state index in [4.69, 9.17) is 0 Å². The Balaban J connectivity index is 1.66. The van der Waals surface area contributed by atoms with Gasteiger partial charge in [0.1, 0.15) is 0 Å². The first-order chi connectivity index (χ1) is 9.34. The van der Waals surface area contributed by atoms with E-state index < -0.39 is 0 Å². The Morgan fingerprint density at radius 2 is 1.79 bits per heavy atom. The van der Waals surface area contributed by atoms with Crippen molar-refractivity contribution < 1.29 is 4.79 Å². The SMILES string of the molecule is O=C([C@@H]1CCCCN1)N1CCc2ccccc2CC1. The van der Waals surface area contributed by atoms with Crippen LogP contribution in [0.1, 0.15) is 30.4 Å². The number of amides is 1. The van der Waals surface area contributed by atoms with Crippen molar-refractivity contribution in [2.75, 3.05) is 19.6 Å². The molecule has 0 unspecified atom stereocenters. The van der Waals surface area contributed by atoms with Crippen LogP contribution >= 0.6 is 0 Å². The zero-order chi connectivity index (χ0) is 13.1.